The van der Waals surface area contributed by atoms with Crippen molar-refractivity contribution in [3.8, 4) is 0 Å². The molecule has 0 N–H and O–H groups in total. The third-order valence-electron chi connectivity index (χ3n) is 35.1. The van der Waals surface area contributed by atoms with Crippen molar-refractivity contribution in [2.45, 2.75) is 557 Å². The summed E-state index contributed by atoms with van der Waals surface area (Å²) < 4.78 is 67.9. The van der Waals surface area contributed by atoms with Crippen LogP contribution in [0.25, 0.3) is 0 Å². The highest BCUT2D eigenvalue weighted by Gasteiger charge is 2.58. The van der Waals surface area contributed by atoms with E-state index in [4.69, 9.17) is 56.8 Å². The Morgan fingerprint density at radius 3 is 0.690 bits per heavy atom. The maximum absolute atomic E-state index is 12.3. The summed E-state index contributed by atoms with van der Waals surface area (Å²) in [6.45, 7) is 57.2. The van der Waals surface area contributed by atoms with Gasteiger partial charge in [0.1, 0.15) is 11.6 Å². The average Bonchev–Trinajstić information content (AvgIpc) is 0.745. The Morgan fingerprint density at radius 2 is 0.448 bits per heavy atom. The van der Waals surface area contributed by atoms with E-state index in [0.717, 1.165) is 172 Å². The molecule has 0 heterocycles. The molecular formula is C125H246O20. The molecule has 0 amide bonds. The summed E-state index contributed by atoms with van der Waals surface area (Å²) in [6, 6.07) is 0. The number of esters is 6. The van der Waals surface area contributed by atoms with E-state index in [0.29, 0.717) is 65.6 Å². The van der Waals surface area contributed by atoms with E-state index in [-0.39, 0.29) is 206 Å². The molecular weight excluding hydrogens is 1820 g/mol. The number of carbonyl (C=O) groups excluding carboxylic acids is 8. The van der Waals surface area contributed by atoms with Gasteiger partial charge in [-0.3, -0.25) is 38.4 Å². The van der Waals surface area contributed by atoms with Gasteiger partial charge in [-0.05, 0) is 392 Å². The van der Waals surface area contributed by atoms with E-state index in [1.165, 1.54) is 141 Å². The van der Waals surface area contributed by atoms with Crippen molar-refractivity contribution in [1.29, 1.82) is 0 Å². The fourth-order valence-corrected chi connectivity index (χ4v) is 27.5. The van der Waals surface area contributed by atoms with E-state index in [2.05, 4.69) is 0 Å². The normalized spacial score (nSPS) is 33.4. The number of Topliss-reactive ketones (excluding diaryl/α,β-unsaturated/α-hetero) is 2. The van der Waals surface area contributed by atoms with Crippen LogP contribution in [0.5, 0.6) is 0 Å². The summed E-state index contributed by atoms with van der Waals surface area (Å²) in [5.74, 6) is 16.3. The van der Waals surface area contributed by atoms with E-state index in [9.17, 15) is 38.4 Å². The molecule has 24 aliphatic rings. The molecule has 20 heteroatoms. The van der Waals surface area contributed by atoms with Gasteiger partial charge in [-0.2, -0.15) is 0 Å². The molecule has 866 valence electrons. The highest BCUT2D eigenvalue weighted by atomic mass is 16.7. The van der Waals surface area contributed by atoms with Gasteiger partial charge in [0.05, 0.1) is 70.6 Å². The first-order valence-corrected chi connectivity index (χ1v) is 55.6. The smallest absolute Gasteiger partial charge is 0.313 e. The van der Waals surface area contributed by atoms with Gasteiger partial charge in [0.15, 0.2) is 39.8 Å². The van der Waals surface area contributed by atoms with Gasteiger partial charge >= 0.3 is 35.8 Å². The highest BCUT2D eigenvalue weighted by molar-refractivity contribution is 5.87. The molecule has 145 heavy (non-hydrogen) atoms. The van der Waals surface area contributed by atoms with Crippen molar-refractivity contribution in [3.63, 3.8) is 0 Å². The van der Waals surface area contributed by atoms with Crippen LogP contribution in [0.1, 0.15) is 508 Å². The molecule has 15 unspecified atom stereocenters. The van der Waals surface area contributed by atoms with Crippen LogP contribution in [0.15, 0.2) is 0 Å². The lowest BCUT2D eigenvalue weighted by molar-refractivity contribution is -0.224. The van der Waals surface area contributed by atoms with Gasteiger partial charge in [0, 0.05) is 23.7 Å². The predicted molar refractivity (Wildman–Crippen MR) is 607 cm³/mol. The van der Waals surface area contributed by atoms with E-state index in [1.54, 1.807) is 0 Å². The van der Waals surface area contributed by atoms with Gasteiger partial charge in [0.25, 0.3) is 0 Å². The van der Waals surface area contributed by atoms with Crippen molar-refractivity contribution in [2.24, 2.45) is 176 Å². The lowest BCUT2D eigenvalue weighted by Crippen LogP contribution is -2.55. The molecule has 20 nitrogen and oxygen atoms in total. The Hall–Kier alpha value is -4.08. The minimum absolute atomic E-state index is 0. The zero-order valence-corrected chi connectivity index (χ0v) is 89.7. The summed E-state index contributed by atoms with van der Waals surface area (Å²) in [6.07, 6.45) is 41.0. The SMILES string of the molecule is C.C.C.C.C.C.C.C.C.C.C.C.CC.CC.CC.CC.CC.CC.CCC(C)(C)C(=O)OC(C)OC1C2CC3CC(C2)CC1C3.CCC(C)(C)C(=O)OCOC1C2CC3CC(C2)C(=O)C1C3.CCC(C)(C)C(=O)OCOC1C2CC3CC(C2)CC1C3.CCC(C)C(=O)OC(C)OC1C2CC3CC(C2)CC1C3.CCC(C)C(=O)OCOC1C2CC3CC(C2)C(=O)C1C3.CCC(C)C(=O)OCOC1C2CC3CC(C2)CC1C3. The molecule has 0 aromatic heterocycles. The lowest BCUT2D eigenvalue weighted by atomic mass is 9.54. The first-order chi connectivity index (χ1) is 63.6. The molecule has 0 saturated heterocycles. The van der Waals surface area contributed by atoms with Crippen molar-refractivity contribution in [2.75, 3.05) is 27.2 Å². The highest BCUT2D eigenvalue weighted by Crippen LogP contribution is 2.60. The number of carbonyl (C=O) groups is 8. The first kappa shape index (κ1) is 152. The average molecular weight is 2070 g/mol. The molecule has 24 fully saturated rings. The number of hydrogen-bond donors (Lipinski definition) is 0. The van der Waals surface area contributed by atoms with Gasteiger partial charge < -0.3 is 56.8 Å². The topological polar surface area (TPSA) is 247 Å². The molecule has 0 aliphatic heterocycles. The van der Waals surface area contributed by atoms with E-state index in [1.807, 2.05) is 201 Å². The Kier molecular flexibility index (Phi) is 75.8. The van der Waals surface area contributed by atoms with Crippen LogP contribution in [-0.4, -0.2) is 124 Å². The van der Waals surface area contributed by atoms with Crippen molar-refractivity contribution < 1.29 is 95.2 Å². The van der Waals surface area contributed by atoms with Crippen LogP contribution < -0.4 is 0 Å². The summed E-state index contributed by atoms with van der Waals surface area (Å²) in [4.78, 5) is 95.6. The fraction of sp³-hybridized carbons (Fsp3) is 0.936. The summed E-state index contributed by atoms with van der Waals surface area (Å²) in [5, 5.41) is 0. The minimum Gasteiger partial charge on any atom is -0.438 e. The van der Waals surface area contributed by atoms with Gasteiger partial charge in [-0.25, -0.2) is 0 Å². The summed E-state index contributed by atoms with van der Waals surface area (Å²) in [5.41, 5.74) is -1.28. The molecule has 15 atom stereocenters. The monoisotopic (exact) mass is 2070 g/mol. The lowest BCUT2D eigenvalue weighted by Gasteiger charge is -2.54. The Balaban J connectivity index is -0.000000385. The molecule has 0 radical (unpaired) electrons. The fourth-order valence-electron chi connectivity index (χ4n) is 27.5. The molecule has 0 aromatic carbocycles. The molecule has 24 rings (SSSR count). The van der Waals surface area contributed by atoms with E-state index < -0.39 is 22.5 Å². The first-order valence-electron chi connectivity index (χ1n) is 55.6. The maximum atomic E-state index is 12.3. The number of ketones is 2. The van der Waals surface area contributed by atoms with E-state index >= 15 is 0 Å². The minimum atomic E-state index is -0.469. The number of rotatable bonds is 30. The van der Waals surface area contributed by atoms with Crippen molar-refractivity contribution in [1.82, 2.24) is 0 Å². The summed E-state index contributed by atoms with van der Waals surface area (Å²) >= 11 is 0. The van der Waals surface area contributed by atoms with Gasteiger partial charge in [0.2, 0.25) is 0 Å². The van der Waals surface area contributed by atoms with Crippen molar-refractivity contribution in [3.05, 3.63) is 0 Å². The van der Waals surface area contributed by atoms with Gasteiger partial charge in [-0.1, -0.05) is 235 Å². The Morgan fingerprint density at radius 1 is 0.248 bits per heavy atom. The van der Waals surface area contributed by atoms with Crippen LogP contribution in [-0.2, 0) is 95.2 Å². The predicted octanol–water partition coefficient (Wildman–Crippen LogP) is 34.3. The van der Waals surface area contributed by atoms with Gasteiger partial charge in [-0.15, -0.1) is 0 Å². The molecule has 0 aromatic rings. The van der Waals surface area contributed by atoms with Crippen LogP contribution in [0.4, 0.5) is 0 Å². The van der Waals surface area contributed by atoms with Crippen molar-refractivity contribution >= 4 is 47.4 Å². The largest absolute Gasteiger partial charge is 0.438 e. The standard InChI is InChI=1S/C18H30O3.C17H26O4.2C17H28O3.C16H24O4.C16H26O3.6C2H6.12CH4/c1-5-18(3,4)17(19)21-11(2)20-16-14-7-12-6-13(9-14)10-15(16)8-12;1-4-17(2,3)16(19)21-9-20-15-12-6-10-5-11(8-12)14(18)13(15)7-10;1-4-17(2,3)16(18)20-10-19-15-13-6-11-5-12(8-13)9-14(15)7-11;1-4-10(2)17(18)20-11(3)19-16-14-6-12-5-13(8-14)9-15(16)7-12;1-3-9(2)16(18)20-8-19-15-12-5-10-4-11(7-12)14(17)13(15)6-10;1-3-10(2)16(17)19-9-18-15-13-5-11-4-12(7-13)8-14(15)6-11;6*1-2;;;;;;;;;;;;/h11-16H,5-10H2,1-4H3;10-13,15H,4-9H2,1-3H3;11-15H,4-10H2,1-3H3;10-16H,4-9H2,1-3H3;9-13,15H,3-8H2,1-2H3;10-15H,3-9H2,1-2H3;6*1-2H3;12*1H4. The second-order valence-electron chi connectivity index (χ2n) is 44.9. The Labute approximate surface area is 898 Å². The zero-order valence-electron chi connectivity index (χ0n) is 89.7. The maximum Gasteiger partial charge on any atom is 0.313 e. The zero-order chi connectivity index (χ0) is 98.7. The third kappa shape index (κ3) is 40.3. The second-order valence-corrected chi connectivity index (χ2v) is 44.9. The molecule has 24 bridgehead atoms. The molecule has 24 saturated carbocycles. The van der Waals surface area contributed by atoms with Crippen LogP contribution in [0, 0.1) is 176 Å². The number of ether oxygens (including phenoxy) is 12. The quantitative estimate of drug-likeness (QED) is 0.0368. The van der Waals surface area contributed by atoms with Crippen LogP contribution >= 0.6 is 0 Å². The second kappa shape index (κ2) is 72.6. The summed E-state index contributed by atoms with van der Waals surface area (Å²) in [7, 11) is 0. The Bertz CT molecular complexity index is 3360. The van der Waals surface area contributed by atoms with Crippen LogP contribution in [0.2, 0.25) is 0 Å². The third-order valence-corrected chi connectivity index (χ3v) is 35.1. The molecule has 0 spiro atoms. The number of hydrogen-bond acceptors (Lipinski definition) is 20. The van der Waals surface area contributed by atoms with Crippen LogP contribution in [0.3, 0.4) is 0 Å². The molecule has 24 aliphatic carbocycles.